The Morgan fingerprint density at radius 2 is 2.03 bits per heavy atom. The number of carboxylic acid groups (broad SMARTS) is 1. The summed E-state index contributed by atoms with van der Waals surface area (Å²) in [6, 6.07) is 8.96. The molecular weight excluding hydrogens is 402 g/mol. The van der Waals surface area contributed by atoms with Crippen LogP contribution in [0.15, 0.2) is 33.9 Å². The van der Waals surface area contributed by atoms with Gasteiger partial charge < -0.3 is 15.3 Å². The summed E-state index contributed by atoms with van der Waals surface area (Å²) in [5.41, 5.74) is 0.711. The molecule has 11 heteroatoms. The molecule has 0 bridgehead atoms. The highest BCUT2D eigenvalue weighted by Gasteiger charge is 2.29. The number of aryl methyl sites for hydroxylation is 1. The van der Waals surface area contributed by atoms with Gasteiger partial charge in [-0.3, -0.25) is 18.5 Å². The second-order valence-electron chi connectivity index (χ2n) is 7.53. The number of carbonyl (C=O) groups is 1. The van der Waals surface area contributed by atoms with Gasteiger partial charge in [0.05, 0.1) is 24.2 Å². The number of hydrogen-bond donors (Lipinski definition) is 2. The standard InChI is InChI=1S/C20H21N7O4/c1-24-16-15(17(28)25(2)20(24)31)27(10-13-6-4-3-5-12(13)9-21)18(23-16)26-8-7-14(11-26)22-19(29)30/h3-6,14,22H,7-8,10-11H2,1-2H3,(H,29,30). The van der Waals surface area contributed by atoms with Crippen LogP contribution in [0.2, 0.25) is 0 Å². The van der Waals surface area contributed by atoms with Gasteiger partial charge in [0, 0.05) is 27.2 Å². The molecule has 160 valence electrons. The largest absolute Gasteiger partial charge is 0.465 e. The maximum Gasteiger partial charge on any atom is 0.404 e. The van der Waals surface area contributed by atoms with Gasteiger partial charge in [-0.25, -0.2) is 9.59 Å². The van der Waals surface area contributed by atoms with Gasteiger partial charge in [0.25, 0.3) is 5.56 Å². The third-order valence-electron chi connectivity index (χ3n) is 5.59. The number of benzene rings is 1. The van der Waals surface area contributed by atoms with Gasteiger partial charge in [-0.05, 0) is 18.1 Å². The van der Waals surface area contributed by atoms with Crippen LogP contribution in [0, 0.1) is 11.3 Å². The first-order valence-corrected chi connectivity index (χ1v) is 9.70. The van der Waals surface area contributed by atoms with Crippen molar-refractivity contribution in [2.24, 2.45) is 14.1 Å². The van der Waals surface area contributed by atoms with Crippen molar-refractivity contribution in [3.63, 3.8) is 0 Å². The third kappa shape index (κ3) is 3.42. The fraction of sp³-hybridized carbons (Fsp3) is 0.350. The molecular formula is C20H21N7O4. The first-order chi connectivity index (χ1) is 14.8. The number of nitriles is 1. The highest BCUT2D eigenvalue weighted by Crippen LogP contribution is 2.25. The van der Waals surface area contributed by atoms with Crippen LogP contribution in [0.25, 0.3) is 11.2 Å². The topological polar surface area (TPSA) is 138 Å². The molecule has 1 fully saturated rings. The summed E-state index contributed by atoms with van der Waals surface area (Å²) in [5.74, 6) is 0.454. The van der Waals surface area contributed by atoms with E-state index in [1.807, 2.05) is 11.0 Å². The minimum absolute atomic E-state index is 0.205. The number of fused-ring (bicyclic) bond motifs is 1. The lowest BCUT2D eigenvalue weighted by molar-refractivity contribution is 0.191. The van der Waals surface area contributed by atoms with E-state index in [1.54, 1.807) is 29.8 Å². The van der Waals surface area contributed by atoms with Gasteiger partial charge in [0.1, 0.15) is 0 Å². The first-order valence-electron chi connectivity index (χ1n) is 9.70. The van der Waals surface area contributed by atoms with Crippen LogP contribution in [0.4, 0.5) is 10.7 Å². The highest BCUT2D eigenvalue weighted by molar-refractivity contribution is 5.75. The van der Waals surface area contributed by atoms with Crippen LogP contribution in [0.3, 0.4) is 0 Å². The van der Waals surface area contributed by atoms with Crippen LogP contribution in [0.1, 0.15) is 17.5 Å². The van der Waals surface area contributed by atoms with Crippen molar-refractivity contribution in [2.45, 2.75) is 19.0 Å². The smallest absolute Gasteiger partial charge is 0.404 e. The molecule has 0 aliphatic carbocycles. The maximum atomic E-state index is 13.0. The Labute approximate surface area is 176 Å². The molecule has 2 aromatic heterocycles. The predicted molar refractivity (Wildman–Crippen MR) is 112 cm³/mol. The van der Waals surface area contributed by atoms with Crippen molar-refractivity contribution in [1.29, 1.82) is 5.26 Å². The molecule has 4 rings (SSSR count). The average molecular weight is 423 g/mol. The van der Waals surface area contributed by atoms with Gasteiger partial charge in [-0.15, -0.1) is 0 Å². The van der Waals surface area contributed by atoms with E-state index >= 15 is 0 Å². The average Bonchev–Trinajstić information content (AvgIpc) is 3.35. The zero-order valence-corrected chi connectivity index (χ0v) is 17.1. The Morgan fingerprint density at radius 3 is 2.74 bits per heavy atom. The molecule has 3 heterocycles. The summed E-state index contributed by atoms with van der Waals surface area (Å²) in [5, 5.41) is 21.0. The molecule has 1 saturated heterocycles. The van der Waals surface area contributed by atoms with Crippen molar-refractivity contribution in [3.05, 3.63) is 56.2 Å². The number of nitrogens with one attached hydrogen (secondary N) is 1. The molecule has 11 nitrogen and oxygen atoms in total. The summed E-state index contributed by atoms with van der Waals surface area (Å²) in [4.78, 5) is 43.0. The highest BCUT2D eigenvalue weighted by atomic mass is 16.4. The van der Waals surface area contributed by atoms with E-state index in [1.165, 1.54) is 11.6 Å². The quantitative estimate of drug-likeness (QED) is 0.611. The fourth-order valence-corrected chi connectivity index (χ4v) is 4.00. The monoisotopic (exact) mass is 423 g/mol. The second kappa shape index (κ2) is 7.64. The van der Waals surface area contributed by atoms with Gasteiger partial charge >= 0.3 is 11.8 Å². The van der Waals surface area contributed by atoms with Gasteiger partial charge in [0.15, 0.2) is 11.2 Å². The number of nitrogens with zero attached hydrogens (tertiary/aromatic N) is 6. The van der Waals surface area contributed by atoms with Crippen molar-refractivity contribution in [2.75, 3.05) is 18.0 Å². The number of aromatic nitrogens is 4. The lowest BCUT2D eigenvalue weighted by atomic mass is 10.1. The van der Waals surface area contributed by atoms with Crippen molar-refractivity contribution < 1.29 is 9.90 Å². The summed E-state index contributed by atoms with van der Waals surface area (Å²) >= 11 is 0. The molecule has 2 N–H and O–H groups in total. The second-order valence-corrected chi connectivity index (χ2v) is 7.53. The van der Waals surface area contributed by atoms with E-state index in [0.29, 0.717) is 36.6 Å². The fourth-order valence-electron chi connectivity index (χ4n) is 4.00. The summed E-state index contributed by atoms with van der Waals surface area (Å²) < 4.78 is 4.05. The van der Waals surface area contributed by atoms with Gasteiger partial charge in [-0.2, -0.15) is 10.2 Å². The summed E-state index contributed by atoms with van der Waals surface area (Å²) in [7, 11) is 2.96. The maximum absolute atomic E-state index is 13.0. The number of amides is 1. The third-order valence-corrected chi connectivity index (χ3v) is 5.59. The zero-order chi connectivity index (χ0) is 22.3. The molecule has 31 heavy (non-hydrogen) atoms. The Kier molecular flexibility index (Phi) is 4.98. The lowest BCUT2D eigenvalue weighted by Gasteiger charge is -2.19. The SMILES string of the molecule is Cn1c(=O)c2c(nc(N3CCC(NC(=O)O)C3)n2Cc2ccccc2C#N)n(C)c1=O. The molecule has 3 aromatic rings. The van der Waals surface area contributed by atoms with Crippen molar-refractivity contribution in [3.8, 4) is 6.07 Å². The molecule has 0 radical (unpaired) electrons. The molecule has 0 spiro atoms. The number of rotatable bonds is 4. The van der Waals surface area contributed by atoms with Gasteiger partial charge in [0.2, 0.25) is 5.95 Å². The Balaban J connectivity index is 1.90. The zero-order valence-electron chi connectivity index (χ0n) is 17.1. The van der Waals surface area contributed by atoms with E-state index < -0.39 is 17.3 Å². The van der Waals surface area contributed by atoms with Gasteiger partial charge in [-0.1, -0.05) is 18.2 Å². The van der Waals surface area contributed by atoms with E-state index in [-0.39, 0.29) is 23.8 Å². The van der Waals surface area contributed by atoms with E-state index in [9.17, 15) is 19.6 Å². The van der Waals surface area contributed by atoms with E-state index in [0.717, 1.165) is 4.57 Å². The number of anilines is 1. The Bertz CT molecular complexity index is 1340. The van der Waals surface area contributed by atoms with E-state index in [4.69, 9.17) is 5.11 Å². The number of imidazole rings is 1. The van der Waals surface area contributed by atoms with Crippen LogP contribution >= 0.6 is 0 Å². The van der Waals surface area contributed by atoms with Crippen LogP contribution < -0.4 is 21.5 Å². The molecule has 1 atom stereocenters. The molecule has 1 unspecified atom stereocenters. The minimum atomic E-state index is -1.10. The van der Waals surface area contributed by atoms with Crippen molar-refractivity contribution in [1.82, 2.24) is 24.0 Å². The first kappa shape index (κ1) is 20.2. The molecule has 1 aliphatic rings. The molecule has 0 saturated carbocycles. The van der Waals surface area contributed by atoms with E-state index in [2.05, 4.69) is 16.4 Å². The molecule has 1 aromatic carbocycles. The lowest BCUT2D eigenvalue weighted by Crippen LogP contribution is -2.37. The van der Waals surface area contributed by atoms with Crippen LogP contribution in [-0.2, 0) is 20.6 Å². The Hall–Kier alpha value is -4.07. The number of hydrogen-bond acceptors (Lipinski definition) is 6. The summed E-state index contributed by atoms with van der Waals surface area (Å²) in [6.45, 7) is 1.11. The normalized spacial score (nSPS) is 15.9. The van der Waals surface area contributed by atoms with Crippen LogP contribution in [0.5, 0.6) is 0 Å². The summed E-state index contributed by atoms with van der Waals surface area (Å²) in [6.07, 6.45) is -0.513. The molecule has 1 amide bonds. The minimum Gasteiger partial charge on any atom is -0.465 e. The molecule has 1 aliphatic heterocycles. The Morgan fingerprint density at radius 1 is 1.29 bits per heavy atom. The predicted octanol–water partition coefficient (Wildman–Crippen LogP) is 0.200. The van der Waals surface area contributed by atoms with Crippen molar-refractivity contribution >= 4 is 23.2 Å². The van der Waals surface area contributed by atoms with Crippen LogP contribution in [-0.4, -0.2) is 49.0 Å².